The van der Waals surface area contributed by atoms with Crippen LogP contribution in [0, 0.1) is 11.8 Å². The van der Waals surface area contributed by atoms with Gasteiger partial charge in [0.15, 0.2) is 0 Å². The molecule has 1 N–H and O–H groups in total. The zero-order valence-corrected chi connectivity index (χ0v) is 14.4. The Morgan fingerprint density at radius 1 is 1.24 bits per heavy atom. The maximum Gasteiger partial charge on any atom is 0.0474 e. The van der Waals surface area contributed by atoms with Crippen LogP contribution in [0.1, 0.15) is 58.8 Å². The molecule has 0 spiro atoms. The number of hydrogen-bond acceptors (Lipinski definition) is 3. The summed E-state index contributed by atoms with van der Waals surface area (Å²) in [5, 5.41) is 3.90. The van der Waals surface area contributed by atoms with Crippen LogP contribution in [0.5, 0.6) is 0 Å². The molecule has 0 aromatic rings. The fourth-order valence-corrected chi connectivity index (χ4v) is 4.21. The monoisotopic (exact) mass is 296 g/mol. The molecule has 1 heterocycles. The molecule has 0 bridgehead atoms. The molecule has 124 valence electrons. The van der Waals surface area contributed by atoms with Crippen molar-refractivity contribution in [3.63, 3.8) is 0 Å². The van der Waals surface area contributed by atoms with Crippen molar-refractivity contribution in [2.45, 2.75) is 70.9 Å². The molecule has 2 aliphatic rings. The van der Waals surface area contributed by atoms with Gasteiger partial charge in [0.05, 0.1) is 0 Å². The van der Waals surface area contributed by atoms with E-state index in [1.165, 1.54) is 64.6 Å². The van der Waals surface area contributed by atoms with Gasteiger partial charge in [0.2, 0.25) is 0 Å². The van der Waals surface area contributed by atoms with Crippen molar-refractivity contribution in [1.29, 1.82) is 0 Å². The summed E-state index contributed by atoms with van der Waals surface area (Å²) in [5.74, 6) is 1.70. The molecule has 0 aromatic heterocycles. The Kier molecular flexibility index (Phi) is 7.48. The number of ether oxygens (including phenoxy) is 1. The van der Waals surface area contributed by atoms with Crippen LogP contribution in [0.15, 0.2) is 0 Å². The van der Waals surface area contributed by atoms with Gasteiger partial charge in [-0.2, -0.15) is 0 Å². The van der Waals surface area contributed by atoms with Gasteiger partial charge in [-0.3, -0.25) is 4.90 Å². The highest BCUT2D eigenvalue weighted by atomic mass is 16.5. The Balaban J connectivity index is 1.90. The second kappa shape index (κ2) is 9.12. The van der Waals surface area contributed by atoms with Crippen molar-refractivity contribution in [2.24, 2.45) is 11.8 Å². The molecule has 3 nitrogen and oxygen atoms in total. The van der Waals surface area contributed by atoms with Crippen LogP contribution in [0.25, 0.3) is 0 Å². The molecule has 3 unspecified atom stereocenters. The van der Waals surface area contributed by atoms with Crippen molar-refractivity contribution >= 4 is 0 Å². The van der Waals surface area contributed by atoms with E-state index < -0.39 is 0 Å². The van der Waals surface area contributed by atoms with Crippen LogP contribution in [0.2, 0.25) is 0 Å². The second-order valence-corrected chi connectivity index (χ2v) is 7.21. The van der Waals surface area contributed by atoms with Crippen molar-refractivity contribution in [3.8, 4) is 0 Å². The third kappa shape index (κ3) is 4.94. The van der Waals surface area contributed by atoms with Gasteiger partial charge in [0.25, 0.3) is 0 Å². The Morgan fingerprint density at radius 2 is 2.00 bits per heavy atom. The van der Waals surface area contributed by atoms with E-state index in [1.807, 2.05) is 7.11 Å². The van der Waals surface area contributed by atoms with E-state index in [1.54, 1.807) is 0 Å². The number of rotatable bonds is 7. The van der Waals surface area contributed by atoms with Crippen molar-refractivity contribution in [1.82, 2.24) is 10.2 Å². The molecule has 3 atom stereocenters. The van der Waals surface area contributed by atoms with Gasteiger partial charge in [0, 0.05) is 45.4 Å². The fourth-order valence-electron chi connectivity index (χ4n) is 4.21. The number of methoxy groups -OCH3 is 1. The van der Waals surface area contributed by atoms with E-state index in [4.69, 9.17) is 4.74 Å². The maximum atomic E-state index is 5.26. The molecule has 0 amide bonds. The summed E-state index contributed by atoms with van der Waals surface area (Å²) in [7, 11) is 1.81. The highest BCUT2D eigenvalue weighted by Crippen LogP contribution is 2.29. The molecule has 1 saturated heterocycles. The summed E-state index contributed by atoms with van der Waals surface area (Å²) in [5.41, 5.74) is 0. The second-order valence-electron chi connectivity index (χ2n) is 7.21. The average molecular weight is 296 g/mol. The Bertz CT molecular complexity index is 278. The minimum atomic E-state index is 0.715. The first-order valence-corrected chi connectivity index (χ1v) is 9.22. The van der Waals surface area contributed by atoms with Gasteiger partial charge >= 0.3 is 0 Å². The van der Waals surface area contributed by atoms with E-state index in [9.17, 15) is 0 Å². The molecule has 2 fully saturated rings. The average Bonchev–Trinajstić information content (AvgIpc) is 2.55. The zero-order chi connectivity index (χ0) is 15.1. The summed E-state index contributed by atoms with van der Waals surface area (Å²) in [6.07, 6.45) is 9.68. The fraction of sp³-hybridized carbons (Fsp3) is 1.00. The first-order valence-electron chi connectivity index (χ1n) is 9.22. The van der Waals surface area contributed by atoms with Gasteiger partial charge in [-0.05, 0) is 31.1 Å². The van der Waals surface area contributed by atoms with Crippen molar-refractivity contribution < 1.29 is 4.74 Å². The summed E-state index contributed by atoms with van der Waals surface area (Å²) < 4.78 is 5.26. The first kappa shape index (κ1) is 17.2. The highest BCUT2D eigenvalue weighted by Gasteiger charge is 2.34. The molecule has 1 aliphatic heterocycles. The van der Waals surface area contributed by atoms with Crippen LogP contribution in [-0.2, 0) is 4.74 Å². The minimum Gasteiger partial charge on any atom is -0.385 e. The minimum absolute atomic E-state index is 0.715. The summed E-state index contributed by atoms with van der Waals surface area (Å²) in [6, 6.07) is 1.44. The van der Waals surface area contributed by atoms with E-state index >= 15 is 0 Å². The molecule has 1 aliphatic carbocycles. The van der Waals surface area contributed by atoms with E-state index in [2.05, 4.69) is 24.1 Å². The number of piperazine rings is 1. The van der Waals surface area contributed by atoms with Crippen molar-refractivity contribution in [2.75, 3.05) is 33.4 Å². The lowest BCUT2D eigenvalue weighted by Crippen LogP contribution is -2.60. The Morgan fingerprint density at radius 3 is 2.67 bits per heavy atom. The predicted octanol–water partition coefficient (Wildman–Crippen LogP) is 3.29. The number of nitrogens with one attached hydrogen (secondary N) is 1. The molecular formula is C18H36N2O. The third-order valence-corrected chi connectivity index (χ3v) is 5.80. The lowest BCUT2D eigenvalue weighted by molar-refractivity contribution is 0.0586. The highest BCUT2D eigenvalue weighted by molar-refractivity contribution is 4.92. The lowest BCUT2D eigenvalue weighted by atomic mass is 9.82. The molecular weight excluding hydrogens is 260 g/mol. The maximum absolute atomic E-state index is 5.26. The quantitative estimate of drug-likeness (QED) is 0.730. The largest absolute Gasteiger partial charge is 0.385 e. The lowest BCUT2D eigenvalue weighted by Gasteiger charge is -2.46. The van der Waals surface area contributed by atoms with Gasteiger partial charge in [-0.1, -0.05) is 39.5 Å². The Hall–Kier alpha value is -0.120. The summed E-state index contributed by atoms with van der Waals surface area (Å²) in [6.45, 7) is 9.27. The van der Waals surface area contributed by atoms with Gasteiger partial charge in [-0.25, -0.2) is 0 Å². The first-order chi connectivity index (χ1) is 10.3. The zero-order valence-electron chi connectivity index (χ0n) is 14.4. The molecule has 0 radical (unpaired) electrons. The SMILES string of the molecule is CCC(C)C1CNC(C2CCCCC2)CN1CCCOC. The van der Waals surface area contributed by atoms with Crippen LogP contribution < -0.4 is 5.32 Å². The summed E-state index contributed by atoms with van der Waals surface area (Å²) >= 11 is 0. The van der Waals surface area contributed by atoms with E-state index in [-0.39, 0.29) is 0 Å². The van der Waals surface area contributed by atoms with Crippen LogP contribution >= 0.6 is 0 Å². The standard InChI is InChI=1S/C18H36N2O/c1-4-15(2)18-13-19-17(16-9-6-5-7-10-16)14-20(18)11-8-12-21-3/h15-19H,4-14H2,1-3H3. The molecule has 21 heavy (non-hydrogen) atoms. The molecule has 0 aromatic carbocycles. The number of nitrogens with zero attached hydrogens (tertiary/aromatic N) is 1. The smallest absolute Gasteiger partial charge is 0.0474 e. The molecule has 1 saturated carbocycles. The van der Waals surface area contributed by atoms with Crippen molar-refractivity contribution in [3.05, 3.63) is 0 Å². The van der Waals surface area contributed by atoms with Gasteiger partial charge < -0.3 is 10.1 Å². The van der Waals surface area contributed by atoms with Crippen LogP contribution in [0.3, 0.4) is 0 Å². The molecule has 3 heteroatoms. The normalized spacial score (nSPS) is 30.4. The topological polar surface area (TPSA) is 24.5 Å². The van der Waals surface area contributed by atoms with E-state index in [0.29, 0.717) is 6.04 Å². The predicted molar refractivity (Wildman–Crippen MR) is 89.7 cm³/mol. The van der Waals surface area contributed by atoms with Crippen LogP contribution in [-0.4, -0.2) is 50.3 Å². The third-order valence-electron chi connectivity index (χ3n) is 5.80. The number of hydrogen-bond donors (Lipinski definition) is 1. The summed E-state index contributed by atoms with van der Waals surface area (Å²) in [4.78, 5) is 2.77. The van der Waals surface area contributed by atoms with Gasteiger partial charge in [0.1, 0.15) is 0 Å². The Labute approximate surface area is 131 Å². The molecule has 2 rings (SSSR count). The van der Waals surface area contributed by atoms with E-state index in [0.717, 1.165) is 24.5 Å². The van der Waals surface area contributed by atoms with Crippen LogP contribution in [0.4, 0.5) is 0 Å². The van der Waals surface area contributed by atoms with Gasteiger partial charge in [-0.15, -0.1) is 0 Å².